The van der Waals surface area contributed by atoms with Crippen LogP contribution in [-0.2, 0) is 11.8 Å². The van der Waals surface area contributed by atoms with Gasteiger partial charge in [-0.1, -0.05) is 0 Å². The number of nitrogens with one attached hydrogen (secondary N) is 2. The minimum atomic E-state index is -0.183. The normalized spacial score (nSPS) is 18.3. The molecule has 1 atom stereocenters. The Hall–Kier alpha value is -1.56. The molecule has 6 heteroatoms. The Morgan fingerprint density at radius 2 is 2.28 bits per heavy atom. The molecule has 100 valence electrons. The monoisotopic (exact) mass is 252 g/mol. The lowest BCUT2D eigenvalue weighted by molar-refractivity contribution is 0.0573. The van der Waals surface area contributed by atoms with E-state index in [4.69, 9.17) is 4.74 Å². The van der Waals surface area contributed by atoms with Crippen LogP contribution in [0.3, 0.4) is 0 Å². The summed E-state index contributed by atoms with van der Waals surface area (Å²) in [5.74, 6) is 1.18. The van der Waals surface area contributed by atoms with Gasteiger partial charge in [0.1, 0.15) is 5.82 Å². The Bertz CT molecular complexity index is 399. The van der Waals surface area contributed by atoms with Crippen LogP contribution >= 0.6 is 0 Å². The third-order valence-corrected chi connectivity index (χ3v) is 3.39. The fourth-order valence-electron chi connectivity index (χ4n) is 2.19. The summed E-state index contributed by atoms with van der Waals surface area (Å²) in [7, 11) is 1.79. The van der Waals surface area contributed by atoms with E-state index in [9.17, 15) is 4.79 Å². The Balaban J connectivity index is 1.81. The van der Waals surface area contributed by atoms with Crippen LogP contribution < -0.4 is 10.6 Å². The van der Waals surface area contributed by atoms with Crippen LogP contribution in [0.5, 0.6) is 0 Å². The number of ether oxygens (including phenoxy) is 1. The standard InChI is InChI=1S/C12H20N4O2/c1-9(10-4-7-18-8-5-10)14-12(17)15-11-3-6-13-16(11)2/h3,6,9-10H,4-5,7-8H2,1-2H3,(H2,14,15,17). The van der Waals surface area contributed by atoms with Gasteiger partial charge in [-0.25, -0.2) is 4.79 Å². The van der Waals surface area contributed by atoms with Gasteiger partial charge in [0.15, 0.2) is 0 Å². The smallest absolute Gasteiger partial charge is 0.320 e. The first-order valence-electron chi connectivity index (χ1n) is 6.30. The molecule has 0 saturated carbocycles. The van der Waals surface area contributed by atoms with Crippen LogP contribution in [0.2, 0.25) is 0 Å². The van der Waals surface area contributed by atoms with Crippen molar-refractivity contribution in [3.8, 4) is 0 Å². The zero-order valence-corrected chi connectivity index (χ0v) is 10.8. The van der Waals surface area contributed by atoms with Gasteiger partial charge in [-0.05, 0) is 25.7 Å². The fraction of sp³-hybridized carbons (Fsp3) is 0.667. The Labute approximate surface area is 107 Å². The molecule has 1 aromatic heterocycles. The molecule has 18 heavy (non-hydrogen) atoms. The highest BCUT2D eigenvalue weighted by molar-refractivity contribution is 5.88. The number of anilines is 1. The minimum absolute atomic E-state index is 0.155. The number of rotatable bonds is 3. The summed E-state index contributed by atoms with van der Waals surface area (Å²) in [5.41, 5.74) is 0. The van der Waals surface area contributed by atoms with Gasteiger partial charge in [0.05, 0.1) is 6.20 Å². The van der Waals surface area contributed by atoms with E-state index in [0.29, 0.717) is 11.7 Å². The van der Waals surface area contributed by atoms with E-state index in [1.54, 1.807) is 24.0 Å². The molecular weight excluding hydrogens is 232 g/mol. The van der Waals surface area contributed by atoms with Crippen molar-refractivity contribution in [3.05, 3.63) is 12.3 Å². The van der Waals surface area contributed by atoms with Gasteiger partial charge in [0, 0.05) is 32.4 Å². The van der Waals surface area contributed by atoms with E-state index in [2.05, 4.69) is 15.7 Å². The lowest BCUT2D eigenvalue weighted by Crippen LogP contribution is -2.42. The second kappa shape index (κ2) is 5.86. The van der Waals surface area contributed by atoms with E-state index in [0.717, 1.165) is 26.1 Å². The number of aromatic nitrogens is 2. The zero-order valence-electron chi connectivity index (χ0n) is 10.8. The van der Waals surface area contributed by atoms with Gasteiger partial charge in [0.2, 0.25) is 0 Å². The predicted molar refractivity (Wildman–Crippen MR) is 68.4 cm³/mol. The molecule has 2 N–H and O–H groups in total. The molecule has 2 amide bonds. The Morgan fingerprint density at radius 3 is 2.89 bits per heavy atom. The molecule has 1 fully saturated rings. The van der Waals surface area contributed by atoms with Crippen molar-refractivity contribution >= 4 is 11.8 Å². The third kappa shape index (κ3) is 3.22. The SMILES string of the molecule is CC(NC(=O)Nc1ccnn1C)C1CCOCC1. The fourth-order valence-corrected chi connectivity index (χ4v) is 2.19. The van der Waals surface area contributed by atoms with Crippen LogP contribution in [0.1, 0.15) is 19.8 Å². The largest absolute Gasteiger partial charge is 0.381 e. The van der Waals surface area contributed by atoms with Gasteiger partial charge in [-0.2, -0.15) is 5.10 Å². The van der Waals surface area contributed by atoms with E-state index in [-0.39, 0.29) is 12.1 Å². The summed E-state index contributed by atoms with van der Waals surface area (Å²) in [5, 5.41) is 9.74. The lowest BCUT2D eigenvalue weighted by Gasteiger charge is -2.28. The van der Waals surface area contributed by atoms with Crippen molar-refractivity contribution in [2.45, 2.75) is 25.8 Å². The molecule has 1 aromatic rings. The number of carbonyl (C=O) groups is 1. The predicted octanol–water partition coefficient (Wildman–Crippen LogP) is 1.36. The molecule has 0 aliphatic carbocycles. The van der Waals surface area contributed by atoms with E-state index in [1.165, 1.54) is 0 Å². The molecule has 0 aromatic carbocycles. The maximum Gasteiger partial charge on any atom is 0.320 e. The van der Waals surface area contributed by atoms with Crippen LogP contribution in [0, 0.1) is 5.92 Å². The molecule has 0 bridgehead atoms. The quantitative estimate of drug-likeness (QED) is 0.853. The third-order valence-electron chi connectivity index (χ3n) is 3.39. The molecule has 0 radical (unpaired) electrons. The molecule has 6 nitrogen and oxygen atoms in total. The molecule has 1 aliphatic rings. The first kappa shape index (κ1) is 12.9. The maximum atomic E-state index is 11.8. The topological polar surface area (TPSA) is 68.2 Å². The average Bonchev–Trinajstić information content (AvgIpc) is 2.76. The van der Waals surface area contributed by atoms with Crippen LogP contribution in [0.15, 0.2) is 12.3 Å². The van der Waals surface area contributed by atoms with Gasteiger partial charge >= 0.3 is 6.03 Å². The van der Waals surface area contributed by atoms with Crippen LogP contribution in [0.4, 0.5) is 10.6 Å². The highest BCUT2D eigenvalue weighted by Gasteiger charge is 2.21. The molecule has 1 unspecified atom stereocenters. The molecule has 2 rings (SSSR count). The van der Waals surface area contributed by atoms with E-state index < -0.39 is 0 Å². The molecule has 1 saturated heterocycles. The van der Waals surface area contributed by atoms with Crippen LogP contribution in [-0.4, -0.2) is 35.1 Å². The second-order valence-corrected chi connectivity index (χ2v) is 4.68. The van der Waals surface area contributed by atoms with Gasteiger partial charge < -0.3 is 10.1 Å². The maximum absolute atomic E-state index is 11.8. The highest BCUT2D eigenvalue weighted by Crippen LogP contribution is 2.18. The first-order chi connectivity index (χ1) is 8.66. The average molecular weight is 252 g/mol. The van der Waals surface area contributed by atoms with Crippen molar-refractivity contribution in [1.29, 1.82) is 0 Å². The minimum Gasteiger partial charge on any atom is -0.381 e. The molecular formula is C12H20N4O2. The van der Waals surface area contributed by atoms with E-state index >= 15 is 0 Å². The van der Waals surface area contributed by atoms with Crippen molar-refractivity contribution in [3.63, 3.8) is 0 Å². The molecule has 2 heterocycles. The summed E-state index contributed by atoms with van der Waals surface area (Å²) in [4.78, 5) is 11.8. The Morgan fingerprint density at radius 1 is 1.56 bits per heavy atom. The number of amides is 2. The zero-order chi connectivity index (χ0) is 13.0. The highest BCUT2D eigenvalue weighted by atomic mass is 16.5. The summed E-state index contributed by atoms with van der Waals surface area (Å²) in [6.45, 7) is 3.62. The van der Waals surface area contributed by atoms with Crippen molar-refractivity contribution < 1.29 is 9.53 Å². The van der Waals surface area contributed by atoms with Gasteiger partial charge in [-0.3, -0.25) is 10.00 Å². The number of urea groups is 1. The van der Waals surface area contributed by atoms with Crippen molar-refractivity contribution in [2.24, 2.45) is 13.0 Å². The number of hydrogen-bond donors (Lipinski definition) is 2. The second-order valence-electron chi connectivity index (χ2n) is 4.68. The van der Waals surface area contributed by atoms with Crippen molar-refractivity contribution in [2.75, 3.05) is 18.5 Å². The number of hydrogen-bond acceptors (Lipinski definition) is 3. The molecule has 0 spiro atoms. The number of aryl methyl sites for hydroxylation is 1. The first-order valence-corrected chi connectivity index (χ1v) is 6.30. The summed E-state index contributed by atoms with van der Waals surface area (Å²) in [6.07, 6.45) is 3.66. The molecule has 1 aliphatic heterocycles. The summed E-state index contributed by atoms with van der Waals surface area (Å²) < 4.78 is 6.94. The van der Waals surface area contributed by atoms with E-state index in [1.807, 2.05) is 6.92 Å². The number of nitrogens with zero attached hydrogens (tertiary/aromatic N) is 2. The van der Waals surface area contributed by atoms with Gasteiger partial charge in [-0.15, -0.1) is 0 Å². The van der Waals surface area contributed by atoms with Gasteiger partial charge in [0.25, 0.3) is 0 Å². The Kier molecular flexibility index (Phi) is 4.19. The summed E-state index contributed by atoms with van der Waals surface area (Å²) in [6, 6.07) is 1.73. The van der Waals surface area contributed by atoms with Crippen LogP contribution in [0.25, 0.3) is 0 Å². The number of carbonyl (C=O) groups excluding carboxylic acids is 1. The lowest BCUT2D eigenvalue weighted by atomic mass is 9.93. The summed E-state index contributed by atoms with van der Waals surface area (Å²) >= 11 is 0. The van der Waals surface area contributed by atoms with Crippen molar-refractivity contribution in [1.82, 2.24) is 15.1 Å².